The Morgan fingerprint density at radius 1 is 0.981 bits per heavy atom. The summed E-state index contributed by atoms with van der Waals surface area (Å²) in [6, 6.07) is 17.2. The number of benzene rings is 3. The molecule has 2 fully saturated rings. The molecule has 0 spiro atoms. The SMILES string of the molecule is CC(=N)N1CCC(Oc2ccc(N(C(=O)c3ccccc3C(=O)O)C(CC(=O)NC3CCCCC3)c3nc4cc(C(=N)N)ccc4[nH]3)cc2)CC1.Cl.Cl. The van der Waals surface area contributed by atoms with E-state index in [-0.39, 0.29) is 66.3 Å². The number of imidazole rings is 1. The van der Waals surface area contributed by atoms with E-state index in [1.54, 1.807) is 61.5 Å². The summed E-state index contributed by atoms with van der Waals surface area (Å²) in [6.07, 6.45) is 6.30. The number of likely N-dealkylation sites (tertiary alicyclic amines) is 1. The first-order chi connectivity index (χ1) is 24.6. The lowest BCUT2D eigenvalue weighted by Crippen LogP contribution is -2.42. The summed E-state index contributed by atoms with van der Waals surface area (Å²) in [5, 5.41) is 29.0. The zero-order valence-corrected chi connectivity index (χ0v) is 31.1. The van der Waals surface area contributed by atoms with Crippen LogP contribution in [0.25, 0.3) is 11.0 Å². The highest BCUT2D eigenvalue weighted by atomic mass is 35.5. The van der Waals surface area contributed by atoms with E-state index in [1.165, 1.54) is 17.0 Å². The predicted octanol–water partition coefficient (Wildman–Crippen LogP) is 6.46. The number of aromatic nitrogens is 2. The van der Waals surface area contributed by atoms with Gasteiger partial charge in [-0.2, -0.15) is 0 Å². The van der Waals surface area contributed by atoms with Gasteiger partial charge >= 0.3 is 5.97 Å². The lowest BCUT2D eigenvalue weighted by atomic mass is 9.95. The van der Waals surface area contributed by atoms with Crippen LogP contribution in [-0.4, -0.2) is 74.7 Å². The molecule has 1 saturated carbocycles. The number of anilines is 1. The molecule has 0 bridgehead atoms. The highest BCUT2D eigenvalue weighted by Gasteiger charge is 2.34. The number of nitrogen functional groups attached to an aromatic ring is 1. The topological polar surface area (TPSA) is 202 Å². The van der Waals surface area contributed by atoms with E-state index in [0.717, 1.165) is 58.0 Å². The number of aromatic amines is 1. The number of nitrogens with two attached hydrogens (primary N) is 1. The minimum atomic E-state index is -1.25. The molecule has 1 aromatic heterocycles. The highest BCUT2D eigenvalue weighted by molar-refractivity contribution is 6.12. The van der Waals surface area contributed by atoms with Crippen molar-refractivity contribution in [2.24, 2.45) is 5.73 Å². The molecule has 1 aliphatic carbocycles. The molecule has 2 aliphatic rings. The van der Waals surface area contributed by atoms with Gasteiger partial charge < -0.3 is 30.8 Å². The van der Waals surface area contributed by atoms with Gasteiger partial charge in [-0.05, 0) is 74.4 Å². The average molecular weight is 766 g/mol. The molecule has 7 N–H and O–H groups in total. The number of carbonyl (C=O) groups is 3. The van der Waals surface area contributed by atoms with Crippen molar-refractivity contribution < 1.29 is 24.2 Å². The number of nitrogens with zero attached hydrogens (tertiary/aromatic N) is 3. The first kappa shape index (κ1) is 40.6. The summed E-state index contributed by atoms with van der Waals surface area (Å²) in [5.74, 6) is -0.779. The van der Waals surface area contributed by atoms with Gasteiger partial charge in [-0.15, -0.1) is 24.8 Å². The number of nitrogens with one attached hydrogen (secondary N) is 4. The van der Waals surface area contributed by atoms with Gasteiger partial charge in [-0.1, -0.05) is 31.4 Å². The second-order valence-electron chi connectivity index (χ2n) is 13.3. The Bertz CT molecular complexity index is 1940. The Morgan fingerprint density at radius 3 is 2.26 bits per heavy atom. The van der Waals surface area contributed by atoms with Crippen molar-refractivity contribution in [1.82, 2.24) is 20.2 Å². The fraction of sp³-hybridized carbons (Fsp3) is 0.368. The summed E-state index contributed by atoms with van der Waals surface area (Å²) < 4.78 is 6.29. The number of fused-ring (bicyclic) bond motifs is 1. The second kappa shape index (κ2) is 18.1. The molecule has 1 unspecified atom stereocenters. The molecule has 2 heterocycles. The Hall–Kier alpha value is -5.14. The Balaban J connectivity index is 0.00000314. The largest absolute Gasteiger partial charge is 0.490 e. The van der Waals surface area contributed by atoms with Crippen LogP contribution in [0.15, 0.2) is 66.7 Å². The Kier molecular flexibility index (Phi) is 13.8. The zero-order chi connectivity index (χ0) is 36.1. The summed E-state index contributed by atoms with van der Waals surface area (Å²) in [5.41, 5.74) is 7.57. The maximum atomic E-state index is 14.7. The van der Waals surface area contributed by atoms with Crippen molar-refractivity contribution in [3.8, 4) is 5.75 Å². The number of H-pyrrole nitrogens is 1. The van der Waals surface area contributed by atoms with Crippen LogP contribution in [0.4, 0.5) is 5.69 Å². The summed E-state index contributed by atoms with van der Waals surface area (Å²) in [7, 11) is 0. The minimum absolute atomic E-state index is 0. The van der Waals surface area contributed by atoms with Crippen molar-refractivity contribution in [3.05, 3.63) is 89.2 Å². The molecular weight excluding hydrogens is 719 g/mol. The predicted molar refractivity (Wildman–Crippen MR) is 209 cm³/mol. The Labute approximate surface area is 320 Å². The second-order valence-corrected chi connectivity index (χ2v) is 13.3. The van der Waals surface area contributed by atoms with Gasteiger partial charge in [0.05, 0.1) is 34.4 Å². The number of carbonyl (C=O) groups excluding carboxylic acids is 2. The van der Waals surface area contributed by atoms with E-state index in [0.29, 0.717) is 39.7 Å². The number of aromatic carboxylic acids is 1. The monoisotopic (exact) mass is 764 g/mol. The Morgan fingerprint density at radius 2 is 1.64 bits per heavy atom. The van der Waals surface area contributed by atoms with E-state index < -0.39 is 17.9 Å². The molecule has 3 aromatic carbocycles. The molecule has 1 atom stereocenters. The molecular formula is C38H46Cl2N8O5. The lowest BCUT2D eigenvalue weighted by molar-refractivity contribution is -0.122. The van der Waals surface area contributed by atoms with Crippen LogP contribution in [0.1, 0.15) is 96.4 Å². The van der Waals surface area contributed by atoms with Gasteiger partial charge in [0.1, 0.15) is 29.6 Å². The third-order valence-corrected chi connectivity index (χ3v) is 9.73. The van der Waals surface area contributed by atoms with Gasteiger partial charge in [0.25, 0.3) is 5.91 Å². The number of amides is 2. The van der Waals surface area contributed by atoms with Crippen LogP contribution in [0.3, 0.4) is 0 Å². The fourth-order valence-electron chi connectivity index (χ4n) is 6.98. The number of hydrogen-bond acceptors (Lipinski definition) is 7. The number of carboxylic acids is 1. The first-order valence-electron chi connectivity index (χ1n) is 17.4. The number of hydrogen-bond donors (Lipinski definition) is 6. The van der Waals surface area contributed by atoms with Crippen LogP contribution in [0.5, 0.6) is 5.75 Å². The molecule has 2 amide bonds. The maximum Gasteiger partial charge on any atom is 0.336 e. The molecule has 0 radical (unpaired) electrons. The van der Waals surface area contributed by atoms with E-state index in [9.17, 15) is 19.5 Å². The number of carboxylic acid groups (broad SMARTS) is 1. The van der Waals surface area contributed by atoms with Crippen LogP contribution in [0.2, 0.25) is 0 Å². The van der Waals surface area contributed by atoms with Crippen LogP contribution in [-0.2, 0) is 4.79 Å². The molecule has 53 heavy (non-hydrogen) atoms. The number of ether oxygens (including phenoxy) is 1. The summed E-state index contributed by atoms with van der Waals surface area (Å²) in [6.45, 7) is 3.25. The smallest absolute Gasteiger partial charge is 0.336 e. The van der Waals surface area contributed by atoms with Gasteiger partial charge in [0.15, 0.2) is 0 Å². The molecule has 15 heteroatoms. The highest BCUT2D eigenvalue weighted by Crippen LogP contribution is 2.34. The summed E-state index contributed by atoms with van der Waals surface area (Å²) in [4.78, 5) is 52.3. The van der Waals surface area contributed by atoms with Gasteiger partial charge in [-0.25, -0.2) is 9.78 Å². The van der Waals surface area contributed by atoms with Crippen molar-refractivity contribution in [1.29, 1.82) is 10.8 Å². The van der Waals surface area contributed by atoms with Crippen LogP contribution >= 0.6 is 24.8 Å². The molecule has 282 valence electrons. The third kappa shape index (κ3) is 9.65. The van der Waals surface area contributed by atoms with Crippen molar-refractivity contribution in [3.63, 3.8) is 0 Å². The summed E-state index contributed by atoms with van der Waals surface area (Å²) >= 11 is 0. The standard InChI is InChI=1S/C38H44N8O5.2ClH/c1-23(39)45-19-17-28(18-20-45)51-27-14-12-26(13-15-27)46(37(48)29-9-5-6-10-30(29)38(49)50)33(22-34(47)42-25-7-3-2-4-8-25)36-43-31-16-11-24(35(40)41)21-32(31)44-36;;/h5-6,9-16,21,25,28,33,39H,2-4,7-8,17-20,22H2,1H3,(H3,40,41)(H,42,47)(H,43,44)(H,49,50);2*1H. The minimum Gasteiger partial charge on any atom is -0.490 e. The van der Waals surface area contributed by atoms with E-state index in [1.807, 2.05) is 4.90 Å². The third-order valence-electron chi connectivity index (χ3n) is 9.73. The fourth-order valence-corrected chi connectivity index (χ4v) is 6.98. The van der Waals surface area contributed by atoms with Crippen LogP contribution < -0.4 is 20.7 Å². The molecule has 1 aliphatic heterocycles. The quantitative estimate of drug-likeness (QED) is 0.0738. The normalized spacial score (nSPS) is 15.4. The maximum absolute atomic E-state index is 14.7. The van der Waals surface area contributed by atoms with Gasteiger partial charge in [-0.3, -0.25) is 25.3 Å². The van der Waals surface area contributed by atoms with Gasteiger partial charge in [0.2, 0.25) is 5.91 Å². The first-order valence-corrected chi connectivity index (χ1v) is 17.4. The van der Waals surface area contributed by atoms with E-state index in [4.69, 9.17) is 26.3 Å². The van der Waals surface area contributed by atoms with Crippen LogP contribution in [0, 0.1) is 10.8 Å². The average Bonchev–Trinajstić information content (AvgIpc) is 3.56. The molecule has 13 nitrogen and oxygen atoms in total. The number of halogens is 2. The molecule has 1 saturated heterocycles. The number of piperidine rings is 1. The lowest BCUT2D eigenvalue weighted by Gasteiger charge is -2.33. The van der Waals surface area contributed by atoms with Crippen molar-refractivity contribution in [2.45, 2.75) is 76.5 Å². The number of rotatable bonds is 11. The van der Waals surface area contributed by atoms with Crippen molar-refractivity contribution in [2.75, 3.05) is 18.0 Å². The van der Waals surface area contributed by atoms with Crippen molar-refractivity contribution >= 4 is 71.0 Å². The molecule has 6 rings (SSSR count). The van der Waals surface area contributed by atoms with E-state index >= 15 is 0 Å². The van der Waals surface area contributed by atoms with E-state index in [2.05, 4.69) is 10.3 Å². The molecule has 4 aromatic rings. The zero-order valence-electron chi connectivity index (χ0n) is 29.5. The van der Waals surface area contributed by atoms with Gasteiger partial charge in [0, 0.05) is 43.2 Å². The number of amidine groups is 2.